The van der Waals surface area contributed by atoms with E-state index in [0.717, 1.165) is 34.5 Å². The maximum absolute atomic E-state index is 13.4. The Morgan fingerprint density at radius 2 is 1.61 bits per heavy atom. The van der Waals surface area contributed by atoms with Crippen LogP contribution < -0.4 is 5.32 Å². The zero-order valence-electron chi connectivity index (χ0n) is 19.3. The summed E-state index contributed by atoms with van der Waals surface area (Å²) in [5.74, 6) is -0.732. The lowest BCUT2D eigenvalue weighted by Crippen LogP contribution is -2.51. The van der Waals surface area contributed by atoms with E-state index in [1.165, 1.54) is 4.90 Å². The van der Waals surface area contributed by atoms with Gasteiger partial charge in [-0.2, -0.15) is 4.31 Å². The van der Waals surface area contributed by atoms with E-state index in [2.05, 4.69) is 5.32 Å². The summed E-state index contributed by atoms with van der Waals surface area (Å²) in [6.45, 7) is 4.05. The smallest absolute Gasteiger partial charge is 0.242 e. The monoisotopic (exact) mass is 493 g/mol. The van der Waals surface area contributed by atoms with Crippen LogP contribution in [0.1, 0.15) is 37.8 Å². The third kappa shape index (κ3) is 8.79. The van der Waals surface area contributed by atoms with Gasteiger partial charge in [-0.1, -0.05) is 67.4 Å². The number of amides is 2. The molecular weight excluding hydrogens is 462 g/mol. The van der Waals surface area contributed by atoms with Gasteiger partial charge in [0.05, 0.1) is 12.8 Å². The molecule has 1 N–H and O–H groups in total. The summed E-state index contributed by atoms with van der Waals surface area (Å²) in [6.07, 6.45) is 2.85. The summed E-state index contributed by atoms with van der Waals surface area (Å²) in [6, 6.07) is 15.3. The van der Waals surface area contributed by atoms with Crippen LogP contribution in [0.2, 0.25) is 5.02 Å². The Morgan fingerprint density at radius 3 is 2.18 bits per heavy atom. The molecule has 0 heterocycles. The second kappa shape index (κ2) is 12.7. The summed E-state index contributed by atoms with van der Waals surface area (Å²) in [7, 11) is -3.67. The molecule has 7 nitrogen and oxygen atoms in total. The number of unbranched alkanes of at least 4 members (excludes halogenated alkanes) is 1. The Bertz CT molecular complexity index is 1010. The molecule has 0 radical (unpaired) electrons. The fraction of sp³-hybridized carbons (Fsp3) is 0.417. The van der Waals surface area contributed by atoms with Crippen molar-refractivity contribution in [1.82, 2.24) is 14.5 Å². The summed E-state index contributed by atoms with van der Waals surface area (Å²) in [5, 5.41) is 3.41. The average Bonchev–Trinajstić information content (AvgIpc) is 2.78. The van der Waals surface area contributed by atoms with Crippen LogP contribution in [-0.2, 0) is 32.7 Å². The SMILES string of the molecule is CCCCNC(=O)[C@H](C)N(Cc1ccc(Cl)cc1)C(=O)CN(Cc1ccccc1)S(C)(=O)=O. The highest BCUT2D eigenvalue weighted by Crippen LogP contribution is 2.16. The van der Waals surface area contributed by atoms with E-state index in [1.807, 2.05) is 25.1 Å². The van der Waals surface area contributed by atoms with Crippen molar-refractivity contribution in [3.8, 4) is 0 Å². The zero-order valence-corrected chi connectivity index (χ0v) is 20.9. The molecule has 0 aromatic heterocycles. The summed E-state index contributed by atoms with van der Waals surface area (Å²) < 4.78 is 26.0. The number of carbonyl (C=O) groups is 2. The topological polar surface area (TPSA) is 86.8 Å². The van der Waals surface area contributed by atoms with Crippen molar-refractivity contribution >= 4 is 33.4 Å². The van der Waals surface area contributed by atoms with Gasteiger partial charge in [0.1, 0.15) is 6.04 Å². The number of carbonyl (C=O) groups excluding carboxylic acids is 2. The van der Waals surface area contributed by atoms with Crippen LogP contribution in [0.4, 0.5) is 0 Å². The Hall–Kier alpha value is -2.42. The van der Waals surface area contributed by atoms with Gasteiger partial charge < -0.3 is 10.2 Å². The Kier molecular flexibility index (Phi) is 10.3. The Morgan fingerprint density at radius 1 is 1.00 bits per heavy atom. The fourth-order valence-corrected chi connectivity index (χ4v) is 4.08. The number of nitrogens with one attached hydrogen (secondary N) is 1. The predicted octanol–water partition coefficient (Wildman–Crippen LogP) is 3.44. The van der Waals surface area contributed by atoms with Gasteiger partial charge in [0, 0.05) is 24.7 Å². The van der Waals surface area contributed by atoms with Crippen LogP contribution in [0.15, 0.2) is 54.6 Å². The molecule has 0 aliphatic carbocycles. The van der Waals surface area contributed by atoms with Gasteiger partial charge >= 0.3 is 0 Å². The molecule has 0 unspecified atom stereocenters. The van der Waals surface area contributed by atoms with Gasteiger partial charge in [-0.15, -0.1) is 0 Å². The standard InChI is InChI=1S/C24H32ClN3O4S/c1-4-5-15-26-24(30)19(2)28(17-21-11-13-22(25)14-12-21)23(29)18-27(33(3,31)32)16-20-9-7-6-8-10-20/h6-14,19H,4-5,15-18H2,1-3H3,(H,26,30)/t19-/m0/s1. The van der Waals surface area contributed by atoms with E-state index in [9.17, 15) is 18.0 Å². The van der Waals surface area contributed by atoms with Crippen LogP contribution in [0.25, 0.3) is 0 Å². The minimum atomic E-state index is -3.67. The summed E-state index contributed by atoms with van der Waals surface area (Å²) >= 11 is 5.97. The minimum absolute atomic E-state index is 0.0667. The van der Waals surface area contributed by atoms with E-state index in [1.54, 1.807) is 43.3 Å². The molecule has 0 saturated heterocycles. The van der Waals surface area contributed by atoms with Gasteiger partial charge in [0.25, 0.3) is 0 Å². The molecule has 2 rings (SSSR count). The highest BCUT2D eigenvalue weighted by molar-refractivity contribution is 7.88. The van der Waals surface area contributed by atoms with Crippen molar-refractivity contribution in [2.45, 2.75) is 45.8 Å². The highest BCUT2D eigenvalue weighted by atomic mass is 35.5. The molecule has 0 saturated carbocycles. The molecule has 2 amide bonds. The summed E-state index contributed by atoms with van der Waals surface area (Å²) in [5.41, 5.74) is 1.56. The molecule has 1 atom stereocenters. The lowest BCUT2D eigenvalue weighted by Gasteiger charge is -2.31. The maximum Gasteiger partial charge on any atom is 0.242 e. The van der Waals surface area contributed by atoms with E-state index >= 15 is 0 Å². The first kappa shape index (κ1) is 26.8. The van der Waals surface area contributed by atoms with Crippen LogP contribution in [0.5, 0.6) is 0 Å². The predicted molar refractivity (Wildman–Crippen MR) is 131 cm³/mol. The van der Waals surface area contributed by atoms with E-state index in [4.69, 9.17) is 11.6 Å². The molecular formula is C24H32ClN3O4S. The van der Waals surface area contributed by atoms with Crippen molar-refractivity contribution in [3.05, 3.63) is 70.7 Å². The third-order valence-electron chi connectivity index (χ3n) is 5.25. The molecule has 0 aliphatic rings. The number of nitrogens with zero attached hydrogens (tertiary/aromatic N) is 2. The van der Waals surface area contributed by atoms with Crippen LogP contribution >= 0.6 is 11.6 Å². The van der Waals surface area contributed by atoms with Crippen molar-refractivity contribution in [2.24, 2.45) is 0 Å². The number of halogens is 1. The van der Waals surface area contributed by atoms with E-state index in [-0.39, 0.29) is 25.5 Å². The third-order valence-corrected chi connectivity index (χ3v) is 6.69. The average molecular weight is 494 g/mol. The minimum Gasteiger partial charge on any atom is -0.354 e. The normalized spacial score (nSPS) is 12.4. The lowest BCUT2D eigenvalue weighted by atomic mass is 10.1. The number of rotatable bonds is 12. The first-order valence-corrected chi connectivity index (χ1v) is 13.1. The number of hydrogen-bond acceptors (Lipinski definition) is 4. The maximum atomic E-state index is 13.4. The van der Waals surface area contributed by atoms with E-state index in [0.29, 0.717) is 11.6 Å². The second-order valence-corrected chi connectivity index (χ2v) is 10.4. The van der Waals surface area contributed by atoms with Gasteiger partial charge in [-0.25, -0.2) is 8.42 Å². The Labute approximate surface area is 201 Å². The molecule has 0 fully saturated rings. The van der Waals surface area contributed by atoms with Crippen molar-refractivity contribution in [3.63, 3.8) is 0 Å². The molecule has 180 valence electrons. The molecule has 0 spiro atoms. The van der Waals surface area contributed by atoms with Crippen LogP contribution in [-0.4, -0.2) is 54.8 Å². The van der Waals surface area contributed by atoms with Crippen molar-refractivity contribution in [2.75, 3.05) is 19.3 Å². The molecule has 0 aliphatic heterocycles. The van der Waals surface area contributed by atoms with Crippen LogP contribution in [0, 0.1) is 0 Å². The number of hydrogen-bond donors (Lipinski definition) is 1. The zero-order chi connectivity index (χ0) is 24.4. The van der Waals surface area contributed by atoms with Crippen molar-refractivity contribution in [1.29, 1.82) is 0 Å². The second-order valence-electron chi connectivity index (χ2n) is 7.99. The van der Waals surface area contributed by atoms with Crippen LogP contribution in [0.3, 0.4) is 0 Å². The molecule has 0 bridgehead atoms. The first-order chi connectivity index (χ1) is 15.6. The fourth-order valence-electron chi connectivity index (χ4n) is 3.22. The van der Waals surface area contributed by atoms with Gasteiger partial charge in [-0.3, -0.25) is 9.59 Å². The first-order valence-electron chi connectivity index (χ1n) is 10.9. The molecule has 9 heteroatoms. The molecule has 2 aromatic carbocycles. The van der Waals surface area contributed by atoms with E-state index < -0.39 is 22.0 Å². The number of benzene rings is 2. The Balaban J connectivity index is 2.25. The largest absolute Gasteiger partial charge is 0.354 e. The van der Waals surface area contributed by atoms with Gasteiger partial charge in [0.2, 0.25) is 21.8 Å². The van der Waals surface area contributed by atoms with Crippen molar-refractivity contribution < 1.29 is 18.0 Å². The lowest BCUT2D eigenvalue weighted by molar-refractivity contribution is -0.140. The molecule has 33 heavy (non-hydrogen) atoms. The van der Waals surface area contributed by atoms with Gasteiger partial charge in [0.15, 0.2) is 0 Å². The summed E-state index contributed by atoms with van der Waals surface area (Å²) in [4.78, 5) is 27.5. The number of sulfonamides is 1. The highest BCUT2D eigenvalue weighted by Gasteiger charge is 2.29. The van der Waals surface area contributed by atoms with Gasteiger partial charge in [-0.05, 0) is 36.6 Å². The quantitative estimate of drug-likeness (QED) is 0.459. The molecule has 2 aromatic rings.